The number of hydrogen-bond acceptors (Lipinski definition) is 6. The first-order chi connectivity index (χ1) is 12.5. The predicted molar refractivity (Wildman–Crippen MR) is 97.4 cm³/mol. The molecule has 142 valence electrons. The molecule has 0 bridgehead atoms. The lowest BCUT2D eigenvalue weighted by Gasteiger charge is -2.35. The molecule has 1 amide bonds. The number of rotatable bonds is 8. The van der Waals surface area contributed by atoms with Crippen LogP contribution in [0.1, 0.15) is 33.6 Å². The molecule has 1 fully saturated rings. The molecule has 0 saturated heterocycles. The number of benzene rings is 1. The molecule has 0 aliphatic heterocycles. The lowest BCUT2D eigenvalue weighted by Crippen LogP contribution is -2.42. The van der Waals surface area contributed by atoms with Crippen LogP contribution in [0.5, 0.6) is 10.9 Å². The van der Waals surface area contributed by atoms with Crippen LogP contribution in [0.15, 0.2) is 12.1 Å². The van der Waals surface area contributed by atoms with Crippen LogP contribution in [0.25, 0.3) is 10.2 Å². The molecule has 0 unspecified atom stereocenters. The van der Waals surface area contributed by atoms with E-state index in [4.69, 9.17) is 14.2 Å². The number of fused-ring (bicyclic) bond motifs is 1. The number of carbonyl (C=O) groups is 1. The monoisotopic (exact) mass is 382 g/mol. The number of hydrogen-bond donors (Lipinski definition) is 1. The van der Waals surface area contributed by atoms with Crippen molar-refractivity contribution in [3.8, 4) is 10.9 Å². The fourth-order valence-electron chi connectivity index (χ4n) is 2.80. The highest BCUT2D eigenvalue weighted by Crippen LogP contribution is 2.36. The number of ether oxygens (including phenoxy) is 3. The number of halogens is 1. The van der Waals surface area contributed by atoms with Gasteiger partial charge in [-0.2, -0.15) is 0 Å². The van der Waals surface area contributed by atoms with Gasteiger partial charge in [0.15, 0.2) is 11.6 Å². The highest BCUT2D eigenvalue weighted by molar-refractivity contribution is 7.20. The molecule has 6 nitrogen and oxygen atoms in total. The van der Waals surface area contributed by atoms with Crippen LogP contribution < -0.4 is 14.8 Å². The Morgan fingerprint density at radius 2 is 2.19 bits per heavy atom. The third-order valence-electron chi connectivity index (χ3n) is 4.09. The minimum absolute atomic E-state index is 0.0295. The second kappa shape index (κ2) is 8.18. The quantitative estimate of drug-likeness (QED) is 0.759. The minimum atomic E-state index is -0.394. The van der Waals surface area contributed by atoms with Gasteiger partial charge >= 0.3 is 0 Å². The van der Waals surface area contributed by atoms with Crippen molar-refractivity contribution in [3.63, 3.8) is 0 Å². The maximum absolute atomic E-state index is 14.6. The lowest BCUT2D eigenvalue weighted by molar-refractivity contribution is -0.121. The van der Waals surface area contributed by atoms with E-state index in [2.05, 4.69) is 10.3 Å². The van der Waals surface area contributed by atoms with Crippen LogP contribution in [-0.4, -0.2) is 42.4 Å². The van der Waals surface area contributed by atoms with Gasteiger partial charge < -0.3 is 19.5 Å². The molecule has 0 spiro atoms. The Balaban J connectivity index is 1.51. The van der Waals surface area contributed by atoms with Crippen molar-refractivity contribution in [1.29, 1.82) is 0 Å². The summed E-state index contributed by atoms with van der Waals surface area (Å²) in [5.41, 5.74) is 0.574. The highest BCUT2D eigenvalue weighted by Gasteiger charge is 2.33. The SMILES string of the molecule is CCOc1nc2ccc(O[C@H]3C[C@@H](OC[C@H](C)NC(C)=O)C3)c(F)c2s1. The fraction of sp³-hybridized carbons (Fsp3) is 0.556. The maximum Gasteiger partial charge on any atom is 0.274 e. The summed E-state index contributed by atoms with van der Waals surface area (Å²) in [6, 6.07) is 3.33. The van der Waals surface area contributed by atoms with E-state index in [-0.39, 0.29) is 29.9 Å². The normalized spacial score (nSPS) is 20.5. The largest absolute Gasteiger partial charge is 0.487 e. The summed E-state index contributed by atoms with van der Waals surface area (Å²) >= 11 is 1.18. The average Bonchev–Trinajstić information content (AvgIpc) is 2.94. The fourth-order valence-corrected chi connectivity index (χ4v) is 3.70. The van der Waals surface area contributed by atoms with Crippen molar-refractivity contribution >= 4 is 27.5 Å². The molecule has 3 rings (SSSR count). The molecule has 1 aromatic heterocycles. The van der Waals surface area contributed by atoms with Gasteiger partial charge in [0, 0.05) is 25.8 Å². The van der Waals surface area contributed by atoms with E-state index in [1.807, 2.05) is 13.8 Å². The molecule has 1 N–H and O–H groups in total. The zero-order valence-electron chi connectivity index (χ0n) is 15.1. The Hall–Kier alpha value is -1.93. The molecule has 1 saturated carbocycles. The van der Waals surface area contributed by atoms with Crippen molar-refractivity contribution in [2.45, 2.75) is 51.9 Å². The summed E-state index contributed by atoms with van der Waals surface area (Å²) in [4.78, 5) is 15.2. The van der Waals surface area contributed by atoms with E-state index in [0.29, 0.717) is 41.5 Å². The maximum atomic E-state index is 14.6. The predicted octanol–water partition coefficient (Wildman–Crippen LogP) is 3.29. The molecule has 1 heterocycles. The van der Waals surface area contributed by atoms with E-state index >= 15 is 0 Å². The standard InChI is InChI=1S/C18H23FN2O4S/c1-4-23-18-21-14-5-6-15(16(19)17(14)26-18)25-13-7-12(8-13)24-9-10(2)20-11(3)22/h5-6,10,12-13H,4,7-9H2,1-3H3,(H,20,22)/t10-,12-,13+/m0/s1. The molecule has 8 heteroatoms. The van der Waals surface area contributed by atoms with Crippen LogP contribution in [0.2, 0.25) is 0 Å². The molecule has 2 aromatic rings. The number of nitrogens with one attached hydrogen (secondary N) is 1. The average molecular weight is 382 g/mol. The van der Waals surface area contributed by atoms with Gasteiger partial charge in [-0.3, -0.25) is 4.79 Å². The van der Waals surface area contributed by atoms with Crippen LogP contribution in [-0.2, 0) is 9.53 Å². The molecular weight excluding hydrogens is 359 g/mol. The minimum Gasteiger partial charge on any atom is -0.487 e. The smallest absolute Gasteiger partial charge is 0.274 e. The topological polar surface area (TPSA) is 69.7 Å². The summed E-state index contributed by atoms with van der Waals surface area (Å²) in [5, 5.41) is 3.23. The van der Waals surface area contributed by atoms with Gasteiger partial charge in [0.2, 0.25) is 5.91 Å². The van der Waals surface area contributed by atoms with Crippen molar-refractivity contribution < 1.29 is 23.4 Å². The van der Waals surface area contributed by atoms with Gasteiger partial charge in [-0.15, -0.1) is 0 Å². The van der Waals surface area contributed by atoms with Crippen LogP contribution in [0.4, 0.5) is 4.39 Å². The number of amides is 1. The van der Waals surface area contributed by atoms with E-state index in [0.717, 1.165) is 0 Å². The van der Waals surface area contributed by atoms with Crippen molar-refractivity contribution in [2.24, 2.45) is 0 Å². The number of nitrogens with zero attached hydrogens (tertiary/aromatic N) is 1. The van der Waals surface area contributed by atoms with E-state index in [1.165, 1.54) is 18.3 Å². The first kappa shape index (κ1) is 18.8. The van der Waals surface area contributed by atoms with Gasteiger partial charge in [0.1, 0.15) is 6.10 Å². The lowest BCUT2D eigenvalue weighted by atomic mass is 9.92. The second-order valence-corrected chi connectivity index (χ2v) is 7.37. The molecular formula is C18H23FN2O4S. The Morgan fingerprint density at radius 1 is 1.42 bits per heavy atom. The van der Waals surface area contributed by atoms with Crippen molar-refractivity contribution in [3.05, 3.63) is 17.9 Å². The number of aromatic nitrogens is 1. The summed E-state index contributed by atoms with van der Waals surface area (Å²) in [6.07, 6.45) is 1.42. The summed E-state index contributed by atoms with van der Waals surface area (Å²) < 4.78 is 31.9. The third kappa shape index (κ3) is 4.42. The van der Waals surface area contributed by atoms with E-state index in [1.54, 1.807) is 12.1 Å². The Labute approximate surface area is 155 Å². The Bertz CT molecular complexity index is 776. The Morgan fingerprint density at radius 3 is 2.88 bits per heavy atom. The molecule has 1 aromatic carbocycles. The van der Waals surface area contributed by atoms with E-state index in [9.17, 15) is 9.18 Å². The number of carbonyl (C=O) groups excluding carboxylic acids is 1. The van der Waals surface area contributed by atoms with Crippen LogP contribution in [0, 0.1) is 5.82 Å². The molecule has 1 aliphatic rings. The Kier molecular flexibility index (Phi) is 5.93. The van der Waals surface area contributed by atoms with Gasteiger partial charge in [0.05, 0.1) is 29.5 Å². The van der Waals surface area contributed by atoms with Crippen molar-refractivity contribution in [2.75, 3.05) is 13.2 Å². The van der Waals surface area contributed by atoms with Gasteiger partial charge in [-0.25, -0.2) is 9.37 Å². The first-order valence-electron chi connectivity index (χ1n) is 8.73. The first-order valence-corrected chi connectivity index (χ1v) is 9.55. The molecule has 0 radical (unpaired) electrons. The molecule has 1 atom stereocenters. The van der Waals surface area contributed by atoms with Crippen LogP contribution >= 0.6 is 11.3 Å². The summed E-state index contributed by atoms with van der Waals surface area (Å²) in [7, 11) is 0. The highest BCUT2D eigenvalue weighted by atomic mass is 32.1. The zero-order chi connectivity index (χ0) is 18.7. The molecule has 1 aliphatic carbocycles. The van der Waals surface area contributed by atoms with Crippen LogP contribution in [0.3, 0.4) is 0 Å². The van der Waals surface area contributed by atoms with Gasteiger partial charge in [-0.1, -0.05) is 11.3 Å². The van der Waals surface area contributed by atoms with Gasteiger partial charge in [0.25, 0.3) is 5.19 Å². The van der Waals surface area contributed by atoms with E-state index < -0.39 is 5.82 Å². The van der Waals surface area contributed by atoms with Gasteiger partial charge in [-0.05, 0) is 26.0 Å². The third-order valence-corrected chi connectivity index (χ3v) is 5.06. The summed E-state index contributed by atoms with van der Waals surface area (Å²) in [6.45, 7) is 6.19. The second-order valence-electron chi connectivity index (χ2n) is 6.41. The molecule has 26 heavy (non-hydrogen) atoms. The summed E-state index contributed by atoms with van der Waals surface area (Å²) in [5.74, 6) is -0.230. The number of thiazole rings is 1. The van der Waals surface area contributed by atoms with Crippen molar-refractivity contribution in [1.82, 2.24) is 10.3 Å². The zero-order valence-corrected chi connectivity index (χ0v) is 15.9.